The predicted octanol–water partition coefficient (Wildman–Crippen LogP) is 2.97. The molecular formula is C26H24BrN7O4. The number of rotatable bonds is 7. The minimum Gasteiger partial charge on any atom is -0.481 e. The number of carbonyl (C=O) groups is 3. The molecule has 0 spiro atoms. The molecule has 3 atom stereocenters. The van der Waals surface area contributed by atoms with Crippen LogP contribution in [0.2, 0.25) is 0 Å². The average Bonchev–Trinajstić information content (AvgIpc) is 3.43. The van der Waals surface area contributed by atoms with Crippen molar-refractivity contribution in [2.75, 3.05) is 11.1 Å². The summed E-state index contributed by atoms with van der Waals surface area (Å²) in [6, 6.07) is 10.3. The first-order chi connectivity index (χ1) is 18.3. The number of likely N-dealkylation sites (tertiary alicyclic amines) is 1. The molecule has 11 nitrogen and oxygen atoms in total. The van der Waals surface area contributed by atoms with E-state index in [2.05, 4.69) is 36.2 Å². The molecule has 0 bridgehead atoms. The van der Waals surface area contributed by atoms with Gasteiger partial charge in [0, 0.05) is 17.8 Å². The fourth-order valence-corrected chi connectivity index (χ4v) is 5.85. The average molecular weight is 578 g/mol. The van der Waals surface area contributed by atoms with Gasteiger partial charge < -0.3 is 25.6 Å². The molecule has 2 amide bonds. The Bertz CT molecular complexity index is 1620. The highest BCUT2D eigenvalue weighted by Crippen LogP contribution is 2.48. The highest BCUT2D eigenvalue weighted by atomic mass is 79.9. The molecule has 1 aromatic carbocycles. The molecule has 2 aliphatic rings. The number of aromatic nitrogens is 4. The maximum Gasteiger partial charge on any atom is 0.303 e. The van der Waals surface area contributed by atoms with E-state index in [1.807, 2.05) is 18.2 Å². The lowest BCUT2D eigenvalue weighted by molar-refractivity contribution is -0.138. The first kappa shape index (κ1) is 24.3. The molecule has 1 saturated heterocycles. The van der Waals surface area contributed by atoms with E-state index in [9.17, 15) is 14.4 Å². The molecule has 4 N–H and O–H groups in total. The SMILES string of the molecule is Nc1ncnc2c1c1cc(CCC(=O)O)ccc1n2CC(=O)N1[C@@H]2CC2C[C@H]1C(=O)Nc1cccc(Br)n1. The van der Waals surface area contributed by atoms with E-state index in [1.54, 1.807) is 27.7 Å². The lowest BCUT2D eigenvalue weighted by Gasteiger charge is -2.27. The van der Waals surface area contributed by atoms with Gasteiger partial charge in [0.15, 0.2) is 0 Å². The number of benzene rings is 1. The summed E-state index contributed by atoms with van der Waals surface area (Å²) in [6.07, 6.45) is 3.23. The van der Waals surface area contributed by atoms with E-state index in [0.717, 1.165) is 22.9 Å². The normalized spacial score (nSPS) is 20.0. The standard InChI is InChI=1S/C26H24BrN7O4/c27-19-2-1-3-20(31-19)32-26(38)18-10-14-9-17(14)34(18)21(35)11-33-16-6-4-13(5-7-22(36)37)8-15(16)23-24(28)29-12-30-25(23)33/h1-4,6,8,12,14,17-18H,5,7,9-11H2,(H,36,37)(H2,28,29,30)(H,31,32,38)/t14?,17-,18+/m1/s1. The van der Waals surface area contributed by atoms with Gasteiger partial charge in [0.1, 0.15) is 40.8 Å². The number of aliphatic carboxylic acids is 1. The number of nitrogen functional groups attached to an aromatic ring is 1. The number of pyridine rings is 1. The van der Waals surface area contributed by atoms with E-state index in [-0.39, 0.29) is 36.6 Å². The number of anilines is 2. The van der Waals surface area contributed by atoms with Crippen LogP contribution in [0, 0.1) is 5.92 Å². The summed E-state index contributed by atoms with van der Waals surface area (Å²) in [5.74, 6) is -0.289. The van der Waals surface area contributed by atoms with Crippen molar-refractivity contribution in [1.82, 2.24) is 24.4 Å². The second-order valence-corrected chi connectivity index (χ2v) is 10.6. The Morgan fingerprint density at radius 2 is 2.00 bits per heavy atom. The molecule has 12 heteroatoms. The molecule has 4 aromatic rings. The Labute approximate surface area is 225 Å². The summed E-state index contributed by atoms with van der Waals surface area (Å²) in [4.78, 5) is 52.5. The van der Waals surface area contributed by atoms with Gasteiger partial charge in [0.05, 0.1) is 10.9 Å². The van der Waals surface area contributed by atoms with Gasteiger partial charge in [0.25, 0.3) is 0 Å². The third-order valence-electron chi connectivity index (χ3n) is 7.32. The zero-order chi connectivity index (χ0) is 26.6. The van der Waals surface area contributed by atoms with Crippen LogP contribution in [0.1, 0.15) is 24.8 Å². The van der Waals surface area contributed by atoms with Crippen LogP contribution in [0.5, 0.6) is 0 Å². The van der Waals surface area contributed by atoms with Crippen molar-refractivity contribution in [2.24, 2.45) is 5.92 Å². The van der Waals surface area contributed by atoms with Crippen LogP contribution in [-0.4, -0.2) is 59.4 Å². The van der Waals surface area contributed by atoms with E-state index < -0.39 is 12.0 Å². The van der Waals surface area contributed by atoms with Crippen LogP contribution in [0.3, 0.4) is 0 Å². The third-order valence-corrected chi connectivity index (χ3v) is 7.76. The van der Waals surface area contributed by atoms with Crippen molar-refractivity contribution >= 4 is 67.3 Å². The molecule has 0 radical (unpaired) electrons. The number of hydrogen-bond donors (Lipinski definition) is 3. The first-order valence-electron chi connectivity index (χ1n) is 12.3. The molecule has 6 rings (SSSR count). The van der Waals surface area contributed by atoms with E-state index in [4.69, 9.17) is 10.8 Å². The van der Waals surface area contributed by atoms with Gasteiger partial charge in [-0.1, -0.05) is 12.1 Å². The Hall–Kier alpha value is -4.06. The maximum absolute atomic E-state index is 13.7. The van der Waals surface area contributed by atoms with Crippen molar-refractivity contribution in [3.05, 3.63) is 52.9 Å². The van der Waals surface area contributed by atoms with Crippen molar-refractivity contribution < 1.29 is 19.5 Å². The van der Waals surface area contributed by atoms with Gasteiger partial charge in [0.2, 0.25) is 11.8 Å². The van der Waals surface area contributed by atoms with Crippen molar-refractivity contribution in [1.29, 1.82) is 0 Å². The van der Waals surface area contributed by atoms with E-state index in [0.29, 0.717) is 40.2 Å². The predicted molar refractivity (Wildman–Crippen MR) is 143 cm³/mol. The highest BCUT2D eigenvalue weighted by Gasteiger charge is 2.56. The number of nitrogens with two attached hydrogens (primary N) is 1. The molecule has 4 heterocycles. The van der Waals surface area contributed by atoms with Crippen LogP contribution < -0.4 is 11.1 Å². The summed E-state index contributed by atoms with van der Waals surface area (Å²) in [7, 11) is 0. The Morgan fingerprint density at radius 3 is 2.79 bits per heavy atom. The van der Waals surface area contributed by atoms with Gasteiger partial charge in [-0.3, -0.25) is 14.4 Å². The highest BCUT2D eigenvalue weighted by molar-refractivity contribution is 9.10. The fourth-order valence-electron chi connectivity index (χ4n) is 5.51. The number of halogens is 1. The minimum atomic E-state index is -0.876. The van der Waals surface area contributed by atoms with Gasteiger partial charge in [-0.25, -0.2) is 15.0 Å². The monoisotopic (exact) mass is 577 g/mol. The van der Waals surface area contributed by atoms with E-state index in [1.165, 1.54) is 6.33 Å². The number of carboxylic acids is 1. The molecular weight excluding hydrogens is 554 g/mol. The van der Waals surface area contributed by atoms with Crippen LogP contribution in [0.15, 0.2) is 47.3 Å². The number of hydrogen-bond acceptors (Lipinski definition) is 7. The van der Waals surface area contributed by atoms with Crippen molar-refractivity contribution in [3.63, 3.8) is 0 Å². The van der Waals surface area contributed by atoms with Gasteiger partial charge >= 0.3 is 5.97 Å². The molecule has 194 valence electrons. The van der Waals surface area contributed by atoms with Crippen LogP contribution in [0.25, 0.3) is 21.9 Å². The Kier molecular flexibility index (Phi) is 5.98. The lowest BCUT2D eigenvalue weighted by atomic mass is 10.1. The minimum absolute atomic E-state index is 0.00500. The second-order valence-electron chi connectivity index (χ2n) is 9.74. The Morgan fingerprint density at radius 1 is 1.16 bits per heavy atom. The molecule has 3 aromatic heterocycles. The van der Waals surface area contributed by atoms with Crippen LogP contribution in [0.4, 0.5) is 11.6 Å². The summed E-state index contributed by atoms with van der Waals surface area (Å²) in [6.45, 7) is -0.0208. The zero-order valence-electron chi connectivity index (χ0n) is 20.2. The number of piperidine rings is 1. The van der Waals surface area contributed by atoms with E-state index >= 15 is 0 Å². The second kappa shape index (κ2) is 9.35. The molecule has 1 aliphatic carbocycles. The summed E-state index contributed by atoms with van der Waals surface area (Å²) >= 11 is 3.31. The Balaban J connectivity index is 1.31. The zero-order valence-corrected chi connectivity index (χ0v) is 21.8. The quantitative estimate of drug-likeness (QED) is 0.283. The van der Waals surface area contributed by atoms with Gasteiger partial charge in [-0.15, -0.1) is 0 Å². The summed E-state index contributed by atoms with van der Waals surface area (Å²) in [5, 5.41) is 13.3. The van der Waals surface area contributed by atoms with Crippen LogP contribution in [-0.2, 0) is 27.3 Å². The number of nitrogens with zero attached hydrogens (tertiary/aromatic N) is 5. The van der Waals surface area contributed by atoms with Gasteiger partial charge in [-0.05, 0) is 70.9 Å². The number of fused-ring (bicyclic) bond motifs is 4. The smallest absolute Gasteiger partial charge is 0.303 e. The largest absolute Gasteiger partial charge is 0.481 e. The fraction of sp³-hybridized carbons (Fsp3) is 0.308. The number of amides is 2. The van der Waals surface area contributed by atoms with Crippen LogP contribution >= 0.6 is 15.9 Å². The number of carboxylic acid groups (broad SMARTS) is 1. The maximum atomic E-state index is 13.7. The van der Waals surface area contributed by atoms with Gasteiger partial charge in [-0.2, -0.15) is 0 Å². The molecule has 38 heavy (non-hydrogen) atoms. The molecule has 1 saturated carbocycles. The first-order valence-corrected chi connectivity index (χ1v) is 13.1. The molecule has 1 aliphatic heterocycles. The number of aryl methyl sites for hydroxylation is 1. The summed E-state index contributed by atoms with van der Waals surface area (Å²) in [5.41, 5.74) is 8.32. The summed E-state index contributed by atoms with van der Waals surface area (Å²) < 4.78 is 2.41. The van der Waals surface area contributed by atoms with Crippen molar-refractivity contribution in [3.8, 4) is 0 Å². The number of nitrogens with one attached hydrogen (secondary N) is 1. The third kappa shape index (κ3) is 4.34. The topological polar surface area (TPSA) is 156 Å². The number of carbonyl (C=O) groups excluding carboxylic acids is 2. The molecule has 1 unspecified atom stereocenters. The molecule has 2 fully saturated rings. The van der Waals surface area contributed by atoms with Crippen molar-refractivity contribution in [2.45, 2.75) is 44.3 Å². The lowest BCUT2D eigenvalue weighted by Crippen LogP contribution is -2.46.